The molecule has 0 aliphatic carbocycles. The molecule has 0 radical (unpaired) electrons. The highest BCUT2D eigenvalue weighted by Crippen LogP contribution is 2.14. The van der Waals surface area contributed by atoms with E-state index in [1.807, 2.05) is 29.2 Å². The summed E-state index contributed by atoms with van der Waals surface area (Å²) in [6.07, 6.45) is 3.34. The third kappa shape index (κ3) is 5.34. The SMILES string of the molecule is O=Cc1ccc(OCC(O)CN(Cc2ccco2)Cc2ccco2)cc1. The van der Waals surface area contributed by atoms with Gasteiger partial charge in [0.1, 0.15) is 36.3 Å². The van der Waals surface area contributed by atoms with Gasteiger partial charge in [-0.15, -0.1) is 0 Å². The van der Waals surface area contributed by atoms with Crippen LogP contribution in [0.4, 0.5) is 0 Å². The minimum Gasteiger partial charge on any atom is -0.491 e. The Morgan fingerprint density at radius 3 is 2.12 bits per heavy atom. The zero-order valence-electron chi connectivity index (χ0n) is 14.3. The van der Waals surface area contributed by atoms with Crippen LogP contribution in [0.25, 0.3) is 0 Å². The lowest BCUT2D eigenvalue weighted by molar-refractivity contribution is 0.0580. The average Bonchev–Trinajstić information content (AvgIpc) is 3.34. The number of nitrogens with zero attached hydrogens (tertiary/aromatic N) is 1. The van der Waals surface area contributed by atoms with Crippen molar-refractivity contribution in [1.82, 2.24) is 4.90 Å². The summed E-state index contributed by atoms with van der Waals surface area (Å²) < 4.78 is 16.4. The molecule has 6 nitrogen and oxygen atoms in total. The Bertz CT molecular complexity index is 729. The number of aldehydes is 1. The smallest absolute Gasteiger partial charge is 0.150 e. The number of furan rings is 2. The third-order valence-corrected chi connectivity index (χ3v) is 3.85. The van der Waals surface area contributed by atoms with Crippen molar-refractivity contribution in [3.63, 3.8) is 0 Å². The predicted octanol–water partition coefficient (Wildman–Crippen LogP) is 3.13. The number of hydrogen-bond acceptors (Lipinski definition) is 6. The fourth-order valence-electron chi connectivity index (χ4n) is 2.62. The van der Waals surface area contributed by atoms with Gasteiger partial charge in [-0.25, -0.2) is 0 Å². The van der Waals surface area contributed by atoms with E-state index in [2.05, 4.69) is 0 Å². The number of rotatable bonds is 10. The summed E-state index contributed by atoms with van der Waals surface area (Å²) in [5.41, 5.74) is 0.584. The molecule has 0 aliphatic heterocycles. The van der Waals surface area contributed by atoms with Gasteiger partial charge in [-0.05, 0) is 48.5 Å². The van der Waals surface area contributed by atoms with Crippen molar-refractivity contribution in [1.29, 1.82) is 0 Å². The molecule has 3 aromatic rings. The molecule has 6 heteroatoms. The lowest BCUT2D eigenvalue weighted by atomic mass is 10.2. The first-order valence-electron chi connectivity index (χ1n) is 8.36. The van der Waals surface area contributed by atoms with Crippen molar-refractivity contribution < 1.29 is 23.5 Å². The maximum atomic E-state index is 10.7. The maximum Gasteiger partial charge on any atom is 0.150 e. The zero-order valence-corrected chi connectivity index (χ0v) is 14.3. The van der Waals surface area contributed by atoms with E-state index < -0.39 is 6.10 Å². The van der Waals surface area contributed by atoms with Crippen molar-refractivity contribution in [3.8, 4) is 5.75 Å². The molecule has 2 heterocycles. The summed E-state index contributed by atoms with van der Waals surface area (Å²) in [5.74, 6) is 2.24. The summed E-state index contributed by atoms with van der Waals surface area (Å²) in [7, 11) is 0. The molecular weight excluding hydrogens is 334 g/mol. The summed E-state index contributed by atoms with van der Waals surface area (Å²) in [6, 6.07) is 14.2. The molecule has 1 aromatic carbocycles. The summed E-state index contributed by atoms with van der Waals surface area (Å²) >= 11 is 0. The molecule has 26 heavy (non-hydrogen) atoms. The molecule has 136 valence electrons. The zero-order chi connectivity index (χ0) is 18.2. The normalized spacial score (nSPS) is 12.2. The number of hydrogen-bond donors (Lipinski definition) is 1. The number of ether oxygens (including phenoxy) is 1. The summed E-state index contributed by atoms with van der Waals surface area (Å²) in [5, 5.41) is 10.4. The third-order valence-electron chi connectivity index (χ3n) is 3.85. The van der Waals surface area contributed by atoms with Crippen molar-refractivity contribution in [3.05, 3.63) is 78.1 Å². The van der Waals surface area contributed by atoms with E-state index >= 15 is 0 Å². The predicted molar refractivity (Wildman–Crippen MR) is 94.9 cm³/mol. The van der Waals surface area contributed by atoms with Crippen LogP contribution in [0.3, 0.4) is 0 Å². The van der Waals surface area contributed by atoms with Gasteiger partial charge in [0, 0.05) is 12.1 Å². The fourth-order valence-corrected chi connectivity index (χ4v) is 2.62. The van der Waals surface area contributed by atoms with Crippen LogP contribution >= 0.6 is 0 Å². The van der Waals surface area contributed by atoms with E-state index in [1.54, 1.807) is 36.8 Å². The lowest BCUT2D eigenvalue weighted by Crippen LogP contribution is -2.34. The molecule has 1 N–H and O–H groups in total. The molecule has 0 bridgehead atoms. The second kappa shape index (κ2) is 9.03. The molecule has 0 fully saturated rings. The minimum atomic E-state index is -0.689. The molecule has 0 aliphatic rings. The van der Waals surface area contributed by atoms with Gasteiger partial charge in [0.2, 0.25) is 0 Å². The standard InChI is InChI=1S/C20H21NO5/c22-14-16-5-7-18(8-6-16)26-15-17(23)11-21(12-19-3-1-9-24-19)13-20-4-2-10-25-20/h1-10,14,17,23H,11-13,15H2. The highest BCUT2D eigenvalue weighted by Gasteiger charge is 2.16. The van der Waals surface area contributed by atoms with Crippen LogP contribution < -0.4 is 4.74 Å². The van der Waals surface area contributed by atoms with Gasteiger partial charge in [-0.2, -0.15) is 0 Å². The molecule has 1 unspecified atom stereocenters. The van der Waals surface area contributed by atoms with Crippen LogP contribution in [0.15, 0.2) is 69.9 Å². The van der Waals surface area contributed by atoms with Gasteiger partial charge in [-0.1, -0.05) is 0 Å². The first kappa shape index (κ1) is 18.0. The van der Waals surface area contributed by atoms with Crippen molar-refractivity contribution in [2.75, 3.05) is 13.2 Å². The van der Waals surface area contributed by atoms with Gasteiger partial charge < -0.3 is 18.7 Å². The second-order valence-corrected chi connectivity index (χ2v) is 5.98. The van der Waals surface area contributed by atoms with Gasteiger partial charge >= 0.3 is 0 Å². The highest BCUT2D eigenvalue weighted by atomic mass is 16.5. The number of carbonyl (C=O) groups excluding carboxylic acids is 1. The Kier molecular flexibility index (Phi) is 6.24. The first-order valence-corrected chi connectivity index (χ1v) is 8.36. The van der Waals surface area contributed by atoms with Gasteiger partial charge in [-0.3, -0.25) is 9.69 Å². The molecule has 0 spiro atoms. The first-order chi connectivity index (χ1) is 12.7. The van der Waals surface area contributed by atoms with Crippen molar-refractivity contribution in [2.24, 2.45) is 0 Å². The lowest BCUT2D eigenvalue weighted by Gasteiger charge is -2.23. The number of aliphatic hydroxyl groups excluding tert-OH is 1. The monoisotopic (exact) mass is 355 g/mol. The van der Waals surface area contributed by atoms with Crippen LogP contribution in [0.5, 0.6) is 5.75 Å². The molecule has 0 saturated carbocycles. The van der Waals surface area contributed by atoms with E-state index in [1.165, 1.54) is 0 Å². The Balaban J connectivity index is 1.54. The molecule has 1 atom stereocenters. The molecule has 3 rings (SSSR count). The van der Waals surface area contributed by atoms with E-state index in [4.69, 9.17) is 13.6 Å². The fraction of sp³-hybridized carbons (Fsp3) is 0.250. The molecular formula is C20H21NO5. The Labute approximate surface area is 151 Å². The maximum absolute atomic E-state index is 10.7. The number of carbonyl (C=O) groups is 1. The van der Waals surface area contributed by atoms with Gasteiger partial charge in [0.05, 0.1) is 25.6 Å². The Morgan fingerprint density at radius 2 is 1.62 bits per heavy atom. The van der Waals surface area contributed by atoms with Crippen LogP contribution in [0.2, 0.25) is 0 Å². The second-order valence-electron chi connectivity index (χ2n) is 5.98. The van der Waals surface area contributed by atoms with Crippen LogP contribution in [-0.4, -0.2) is 35.5 Å². The van der Waals surface area contributed by atoms with E-state index in [-0.39, 0.29) is 6.61 Å². The van der Waals surface area contributed by atoms with Gasteiger partial charge in [0.25, 0.3) is 0 Å². The van der Waals surface area contributed by atoms with E-state index in [0.717, 1.165) is 17.8 Å². The number of benzene rings is 1. The van der Waals surface area contributed by atoms with Crippen LogP contribution in [0, 0.1) is 0 Å². The summed E-state index contributed by atoms with van der Waals surface area (Å²) in [6.45, 7) is 1.65. The van der Waals surface area contributed by atoms with Crippen molar-refractivity contribution >= 4 is 6.29 Å². The Morgan fingerprint density at radius 1 is 1.00 bits per heavy atom. The van der Waals surface area contributed by atoms with Gasteiger partial charge in [0.15, 0.2) is 0 Å². The minimum absolute atomic E-state index is 0.146. The van der Waals surface area contributed by atoms with E-state index in [9.17, 15) is 9.90 Å². The molecule has 0 amide bonds. The topological polar surface area (TPSA) is 76.1 Å². The van der Waals surface area contributed by atoms with Crippen LogP contribution in [0.1, 0.15) is 21.9 Å². The largest absolute Gasteiger partial charge is 0.491 e. The van der Waals surface area contributed by atoms with Crippen molar-refractivity contribution in [2.45, 2.75) is 19.2 Å². The Hall–Kier alpha value is -2.83. The molecule has 0 saturated heterocycles. The molecule has 2 aromatic heterocycles. The average molecular weight is 355 g/mol. The van der Waals surface area contributed by atoms with E-state index in [0.29, 0.717) is 30.9 Å². The quantitative estimate of drug-likeness (QED) is 0.563. The highest BCUT2D eigenvalue weighted by molar-refractivity contribution is 5.74. The van der Waals surface area contributed by atoms with Crippen LogP contribution in [-0.2, 0) is 13.1 Å². The number of aliphatic hydroxyl groups is 1. The summed E-state index contributed by atoms with van der Waals surface area (Å²) in [4.78, 5) is 12.7.